The molecule has 152 valence electrons. The molecule has 0 fully saturated rings. The Morgan fingerprint density at radius 1 is 1.11 bits per heavy atom. The molecule has 3 atom stereocenters. The van der Waals surface area contributed by atoms with Gasteiger partial charge in [-0.1, -0.05) is 45.4 Å². The van der Waals surface area contributed by atoms with Gasteiger partial charge in [0, 0.05) is 18.2 Å². The van der Waals surface area contributed by atoms with E-state index in [1.165, 1.54) is 0 Å². The summed E-state index contributed by atoms with van der Waals surface area (Å²) < 4.78 is 5.81. The molecule has 2 aromatic rings. The van der Waals surface area contributed by atoms with Crippen molar-refractivity contribution in [1.29, 1.82) is 0 Å². The number of hydrogen-bond acceptors (Lipinski definition) is 4. The van der Waals surface area contributed by atoms with Gasteiger partial charge in [0.15, 0.2) is 5.78 Å². The summed E-state index contributed by atoms with van der Waals surface area (Å²) in [5.74, 6) is 1.22. The third kappa shape index (κ3) is 7.08. The molecule has 1 N–H and O–H groups in total. The van der Waals surface area contributed by atoms with Gasteiger partial charge in [-0.05, 0) is 56.0 Å². The monoisotopic (exact) mass is 382 g/mol. The normalized spacial score (nSPS) is 14.3. The predicted molar refractivity (Wildman–Crippen MR) is 114 cm³/mol. The molecule has 1 aromatic heterocycles. The summed E-state index contributed by atoms with van der Waals surface area (Å²) >= 11 is 0. The molecule has 4 nitrogen and oxygen atoms in total. The second-order valence-electron chi connectivity index (χ2n) is 7.58. The third-order valence-corrected chi connectivity index (χ3v) is 5.12. The van der Waals surface area contributed by atoms with Gasteiger partial charge in [0.1, 0.15) is 12.4 Å². The van der Waals surface area contributed by atoms with Gasteiger partial charge in [0.2, 0.25) is 0 Å². The molecule has 1 aromatic carbocycles. The van der Waals surface area contributed by atoms with Gasteiger partial charge in [-0.15, -0.1) is 0 Å². The number of carbonyl (C=O) groups excluding carboxylic acids is 1. The molecule has 0 radical (unpaired) electrons. The second kappa shape index (κ2) is 11.6. The zero-order chi connectivity index (χ0) is 20.4. The van der Waals surface area contributed by atoms with Gasteiger partial charge in [-0.3, -0.25) is 9.78 Å². The van der Waals surface area contributed by atoms with Crippen LogP contribution >= 0.6 is 0 Å². The van der Waals surface area contributed by atoms with E-state index in [2.05, 4.69) is 43.2 Å². The number of nitrogens with one attached hydrogen (secondary N) is 1. The van der Waals surface area contributed by atoms with E-state index in [9.17, 15) is 4.79 Å². The number of carbonyl (C=O) groups is 1. The molecular weight excluding hydrogens is 348 g/mol. The van der Waals surface area contributed by atoms with Gasteiger partial charge in [-0.2, -0.15) is 0 Å². The minimum absolute atomic E-state index is 0.0903. The molecular formula is C24H34N2O2. The van der Waals surface area contributed by atoms with Crippen LogP contribution in [0.15, 0.2) is 48.7 Å². The molecule has 0 spiro atoms. The zero-order valence-electron chi connectivity index (χ0n) is 17.7. The van der Waals surface area contributed by atoms with E-state index >= 15 is 0 Å². The molecule has 4 heteroatoms. The highest BCUT2D eigenvalue weighted by Gasteiger charge is 2.24. The summed E-state index contributed by atoms with van der Waals surface area (Å²) in [6, 6.07) is 14.0. The van der Waals surface area contributed by atoms with Crippen molar-refractivity contribution in [1.82, 2.24) is 10.3 Å². The summed E-state index contributed by atoms with van der Waals surface area (Å²) in [4.78, 5) is 17.2. The fourth-order valence-corrected chi connectivity index (χ4v) is 3.22. The third-order valence-electron chi connectivity index (χ3n) is 5.12. The van der Waals surface area contributed by atoms with Crippen LogP contribution in [0.4, 0.5) is 0 Å². The summed E-state index contributed by atoms with van der Waals surface area (Å²) in [5, 5.41) is 3.53. The van der Waals surface area contributed by atoms with Gasteiger partial charge < -0.3 is 10.1 Å². The van der Waals surface area contributed by atoms with E-state index in [-0.39, 0.29) is 12.0 Å². The van der Waals surface area contributed by atoms with Crippen molar-refractivity contribution in [3.05, 3.63) is 59.9 Å². The van der Waals surface area contributed by atoms with Gasteiger partial charge in [-0.25, -0.2) is 0 Å². The van der Waals surface area contributed by atoms with Crippen molar-refractivity contribution in [3.63, 3.8) is 0 Å². The molecule has 0 amide bonds. The highest BCUT2D eigenvalue weighted by atomic mass is 16.5. The summed E-state index contributed by atoms with van der Waals surface area (Å²) in [6.07, 6.45) is 5.45. The maximum atomic E-state index is 12.9. The number of ether oxygens (including phenoxy) is 1. The van der Waals surface area contributed by atoms with Crippen molar-refractivity contribution in [3.8, 4) is 5.75 Å². The largest absolute Gasteiger partial charge is 0.487 e. The molecule has 2 rings (SSSR count). The van der Waals surface area contributed by atoms with E-state index < -0.39 is 0 Å². The summed E-state index contributed by atoms with van der Waals surface area (Å²) in [6.45, 7) is 8.91. The van der Waals surface area contributed by atoms with Crippen LogP contribution in [0.3, 0.4) is 0 Å². The second-order valence-corrected chi connectivity index (χ2v) is 7.58. The van der Waals surface area contributed by atoms with E-state index in [4.69, 9.17) is 4.74 Å². The molecule has 0 saturated carbocycles. The average Bonchev–Trinajstić information content (AvgIpc) is 2.73. The highest BCUT2D eigenvalue weighted by molar-refractivity contribution is 5.86. The number of pyridine rings is 1. The van der Waals surface area contributed by atoms with Crippen LogP contribution in [0.1, 0.15) is 58.2 Å². The number of ketones is 1. The fourth-order valence-electron chi connectivity index (χ4n) is 3.22. The number of benzene rings is 1. The van der Waals surface area contributed by atoms with Crippen molar-refractivity contribution >= 4 is 5.78 Å². The van der Waals surface area contributed by atoms with Crippen molar-refractivity contribution in [2.75, 3.05) is 0 Å². The molecule has 0 aliphatic heterocycles. The van der Waals surface area contributed by atoms with Gasteiger partial charge in [0.25, 0.3) is 0 Å². The first-order valence-electron chi connectivity index (χ1n) is 10.4. The first kappa shape index (κ1) is 22.1. The first-order valence-corrected chi connectivity index (χ1v) is 10.4. The number of Topliss-reactive ketones (excluding diaryl/α,β-unsaturated/α-hetero) is 1. The van der Waals surface area contributed by atoms with E-state index in [1.807, 2.05) is 37.3 Å². The van der Waals surface area contributed by atoms with Crippen LogP contribution in [-0.2, 0) is 17.8 Å². The zero-order valence-corrected chi connectivity index (χ0v) is 17.7. The average molecular weight is 383 g/mol. The van der Waals surface area contributed by atoms with Crippen molar-refractivity contribution in [2.45, 2.75) is 72.1 Å². The lowest BCUT2D eigenvalue weighted by atomic mass is 9.91. The Balaban J connectivity index is 1.99. The van der Waals surface area contributed by atoms with Gasteiger partial charge in [0.05, 0.1) is 11.7 Å². The van der Waals surface area contributed by atoms with Crippen LogP contribution in [0.5, 0.6) is 5.75 Å². The van der Waals surface area contributed by atoms with Crippen molar-refractivity contribution < 1.29 is 9.53 Å². The minimum Gasteiger partial charge on any atom is -0.487 e. The topological polar surface area (TPSA) is 51.2 Å². The summed E-state index contributed by atoms with van der Waals surface area (Å²) in [7, 11) is 0. The predicted octanol–water partition coefficient (Wildman–Crippen LogP) is 4.97. The van der Waals surface area contributed by atoms with Gasteiger partial charge >= 0.3 is 0 Å². The maximum absolute atomic E-state index is 12.9. The molecule has 0 aliphatic carbocycles. The van der Waals surface area contributed by atoms with Crippen molar-refractivity contribution in [2.24, 2.45) is 5.92 Å². The quantitative estimate of drug-likeness (QED) is 0.563. The Kier molecular flexibility index (Phi) is 9.15. The van der Waals surface area contributed by atoms with E-state index in [1.54, 1.807) is 6.20 Å². The Hall–Kier alpha value is -2.20. The molecule has 28 heavy (non-hydrogen) atoms. The molecule has 0 saturated heterocycles. The molecule has 1 heterocycles. The van der Waals surface area contributed by atoms with Crippen LogP contribution in [0.2, 0.25) is 0 Å². The Morgan fingerprint density at radius 2 is 1.86 bits per heavy atom. The lowest BCUT2D eigenvalue weighted by Gasteiger charge is -2.24. The first-order chi connectivity index (χ1) is 13.5. The number of hydrogen-bond donors (Lipinski definition) is 1. The lowest BCUT2D eigenvalue weighted by Crippen LogP contribution is -2.45. The Labute approximate surface area is 169 Å². The highest BCUT2D eigenvalue weighted by Crippen LogP contribution is 2.17. The molecule has 2 unspecified atom stereocenters. The van der Waals surface area contributed by atoms with E-state index in [0.717, 1.165) is 36.3 Å². The Bertz CT molecular complexity index is 700. The lowest BCUT2D eigenvalue weighted by molar-refractivity contribution is -0.124. The SMILES string of the molecule is CCCC(C)C(=O)[C@H](Cc1ccc(OCc2ccccn2)cc1)NC(C)CC. The van der Waals surface area contributed by atoms with E-state index in [0.29, 0.717) is 24.9 Å². The minimum atomic E-state index is -0.142. The molecule has 0 bridgehead atoms. The molecule has 0 aliphatic rings. The van der Waals surface area contributed by atoms with Crippen LogP contribution < -0.4 is 10.1 Å². The number of rotatable bonds is 12. The summed E-state index contributed by atoms with van der Waals surface area (Å²) in [5.41, 5.74) is 2.04. The smallest absolute Gasteiger partial charge is 0.152 e. The van der Waals surface area contributed by atoms with Crippen LogP contribution in [0, 0.1) is 5.92 Å². The van der Waals surface area contributed by atoms with Crippen LogP contribution in [0.25, 0.3) is 0 Å². The van der Waals surface area contributed by atoms with Crippen LogP contribution in [-0.4, -0.2) is 22.9 Å². The standard InChI is InChI=1S/C24H34N2O2/c1-5-9-18(3)24(27)23(26-19(4)6-2)16-20-11-13-22(14-12-20)28-17-21-10-7-8-15-25-21/h7-8,10-15,18-19,23,26H,5-6,9,16-17H2,1-4H3/t18?,19?,23-/m0/s1. The maximum Gasteiger partial charge on any atom is 0.152 e. The Morgan fingerprint density at radius 3 is 2.46 bits per heavy atom. The number of aromatic nitrogens is 1. The number of nitrogens with zero attached hydrogens (tertiary/aromatic N) is 1. The fraction of sp³-hybridized carbons (Fsp3) is 0.500.